The fourth-order valence-corrected chi connectivity index (χ4v) is 3.08. The number of pyridine rings is 1. The molecule has 1 saturated carbocycles. The maximum absolute atomic E-state index is 11.2. The van der Waals surface area contributed by atoms with E-state index in [1.54, 1.807) is 12.3 Å². The summed E-state index contributed by atoms with van der Waals surface area (Å²) in [5, 5.41) is 14.1. The highest BCUT2D eigenvalue weighted by molar-refractivity contribution is 6.30. The van der Waals surface area contributed by atoms with E-state index in [0.717, 1.165) is 12.0 Å². The Kier molecular flexibility index (Phi) is 4.81. The maximum atomic E-state index is 11.2. The molecule has 27 heavy (non-hydrogen) atoms. The van der Waals surface area contributed by atoms with Crippen molar-refractivity contribution in [1.29, 1.82) is 0 Å². The van der Waals surface area contributed by atoms with E-state index in [1.165, 1.54) is 35.9 Å². The van der Waals surface area contributed by atoms with Gasteiger partial charge in [-0.25, -0.2) is 9.78 Å². The minimum absolute atomic E-state index is 0.132. The molecule has 1 atom stereocenters. The van der Waals surface area contributed by atoms with Gasteiger partial charge < -0.3 is 9.84 Å². The van der Waals surface area contributed by atoms with Gasteiger partial charge in [0.05, 0.1) is 11.8 Å². The lowest BCUT2D eigenvalue weighted by Crippen LogP contribution is -2.12. The zero-order valence-corrected chi connectivity index (χ0v) is 15.2. The Hall–Kier alpha value is -2.86. The second-order valence-electron chi connectivity index (χ2n) is 6.63. The highest BCUT2D eigenvalue weighted by Gasteiger charge is 2.28. The first-order valence-electron chi connectivity index (χ1n) is 8.76. The average Bonchev–Trinajstić information content (AvgIpc) is 3.37. The van der Waals surface area contributed by atoms with E-state index >= 15 is 0 Å². The van der Waals surface area contributed by atoms with E-state index in [-0.39, 0.29) is 11.7 Å². The van der Waals surface area contributed by atoms with Crippen molar-refractivity contribution in [1.82, 2.24) is 14.8 Å². The number of ether oxygens (including phenoxy) is 1. The van der Waals surface area contributed by atoms with Gasteiger partial charge in [0.1, 0.15) is 6.10 Å². The van der Waals surface area contributed by atoms with Crippen LogP contribution in [0, 0.1) is 5.92 Å². The Morgan fingerprint density at radius 3 is 2.70 bits per heavy atom. The number of halogens is 1. The van der Waals surface area contributed by atoms with Crippen LogP contribution in [0.3, 0.4) is 0 Å². The molecule has 0 radical (unpaired) electrons. The number of aromatic nitrogens is 3. The van der Waals surface area contributed by atoms with Crippen LogP contribution in [-0.4, -0.2) is 25.8 Å². The fourth-order valence-electron chi connectivity index (χ4n) is 2.95. The van der Waals surface area contributed by atoms with E-state index in [2.05, 4.69) is 10.1 Å². The monoisotopic (exact) mass is 383 g/mol. The lowest BCUT2D eigenvalue weighted by atomic mass is 10.0. The minimum Gasteiger partial charge on any atom is -0.478 e. The van der Waals surface area contributed by atoms with Crippen molar-refractivity contribution < 1.29 is 14.6 Å². The summed E-state index contributed by atoms with van der Waals surface area (Å²) in [7, 11) is 0. The third kappa shape index (κ3) is 4.11. The van der Waals surface area contributed by atoms with Gasteiger partial charge in [-0.1, -0.05) is 36.6 Å². The molecule has 1 fully saturated rings. The molecule has 1 aliphatic rings. The summed E-state index contributed by atoms with van der Waals surface area (Å²) in [5.41, 5.74) is 1.19. The molecule has 0 amide bonds. The minimum atomic E-state index is -1.01. The van der Waals surface area contributed by atoms with Gasteiger partial charge in [0, 0.05) is 17.3 Å². The number of carbonyl (C=O) groups is 1. The Morgan fingerprint density at radius 1 is 1.22 bits per heavy atom. The van der Waals surface area contributed by atoms with Crippen molar-refractivity contribution in [2.75, 3.05) is 0 Å². The van der Waals surface area contributed by atoms with Crippen molar-refractivity contribution >= 4 is 17.6 Å². The van der Waals surface area contributed by atoms with Crippen molar-refractivity contribution in [3.8, 4) is 11.7 Å². The average molecular weight is 384 g/mol. The molecular formula is C20H18ClN3O3. The van der Waals surface area contributed by atoms with Crippen molar-refractivity contribution in [3.63, 3.8) is 0 Å². The highest BCUT2D eigenvalue weighted by Crippen LogP contribution is 2.39. The standard InChI is InChI=1S/C20H18ClN3O3/c21-16-5-3-14(4-6-16)17(11-13-1-2-13)27-19-8-10-23-24(19)18-12-15(20(25)26)7-9-22-18/h3-10,12-13,17H,1-2,11H2,(H,25,26)/t17-/m0/s1. The number of carboxylic acids is 1. The van der Waals surface area contributed by atoms with Gasteiger partial charge in [0.2, 0.25) is 5.88 Å². The largest absolute Gasteiger partial charge is 0.478 e. The van der Waals surface area contributed by atoms with Crippen LogP contribution in [0.2, 0.25) is 5.02 Å². The first-order valence-corrected chi connectivity index (χ1v) is 9.14. The van der Waals surface area contributed by atoms with E-state index in [9.17, 15) is 9.90 Å². The number of hydrogen-bond donors (Lipinski definition) is 1. The van der Waals surface area contributed by atoms with Crippen LogP contribution in [0.4, 0.5) is 0 Å². The summed E-state index contributed by atoms with van der Waals surface area (Å²) >= 11 is 6.01. The summed E-state index contributed by atoms with van der Waals surface area (Å²) in [5.74, 6) is 0.568. The molecule has 0 spiro atoms. The van der Waals surface area contributed by atoms with Crippen molar-refractivity contribution in [2.24, 2.45) is 5.92 Å². The first kappa shape index (κ1) is 17.5. The third-order valence-electron chi connectivity index (χ3n) is 4.57. The normalized spacial score (nSPS) is 14.7. The van der Waals surface area contributed by atoms with Gasteiger partial charge in [-0.15, -0.1) is 0 Å². The van der Waals surface area contributed by atoms with Crippen LogP contribution in [0.5, 0.6) is 5.88 Å². The SMILES string of the molecule is O=C(O)c1ccnc(-n2nccc2O[C@@H](CC2CC2)c2ccc(Cl)cc2)c1. The molecule has 4 rings (SSSR count). The van der Waals surface area contributed by atoms with Gasteiger partial charge in [0.25, 0.3) is 0 Å². The van der Waals surface area contributed by atoms with E-state index in [0.29, 0.717) is 22.6 Å². The van der Waals surface area contributed by atoms with E-state index in [4.69, 9.17) is 16.3 Å². The molecule has 2 heterocycles. The lowest BCUT2D eigenvalue weighted by Gasteiger charge is -2.20. The third-order valence-corrected chi connectivity index (χ3v) is 4.82. The number of nitrogens with zero attached hydrogens (tertiary/aromatic N) is 3. The van der Waals surface area contributed by atoms with Gasteiger partial charge in [-0.05, 0) is 42.2 Å². The van der Waals surface area contributed by atoms with Gasteiger partial charge in [0.15, 0.2) is 5.82 Å². The van der Waals surface area contributed by atoms with Crippen LogP contribution in [0.15, 0.2) is 54.9 Å². The predicted octanol–water partition coefficient (Wildman–Crippen LogP) is 4.54. The van der Waals surface area contributed by atoms with Crippen LogP contribution in [0.1, 0.15) is 41.3 Å². The molecular weight excluding hydrogens is 366 g/mol. The van der Waals surface area contributed by atoms with Gasteiger partial charge in [-0.3, -0.25) is 0 Å². The number of hydrogen-bond acceptors (Lipinski definition) is 4. The molecule has 1 aromatic carbocycles. The molecule has 7 heteroatoms. The molecule has 1 N–H and O–H groups in total. The summed E-state index contributed by atoms with van der Waals surface area (Å²) in [4.78, 5) is 15.5. The number of benzene rings is 1. The Morgan fingerprint density at radius 2 is 2.00 bits per heavy atom. The summed E-state index contributed by atoms with van der Waals surface area (Å²) < 4.78 is 7.80. The molecule has 0 bridgehead atoms. The van der Waals surface area contributed by atoms with Crippen molar-refractivity contribution in [2.45, 2.75) is 25.4 Å². The predicted molar refractivity (Wildman–Crippen MR) is 100 cm³/mol. The number of carboxylic acid groups (broad SMARTS) is 1. The van der Waals surface area contributed by atoms with Crippen molar-refractivity contribution in [3.05, 3.63) is 71.0 Å². The summed E-state index contributed by atoms with van der Waals surface area (Å²) in [6.45, 7) is 0. The van der Waals surface area contributed by atoms with Gasteiger partial charge >= 0.3 is 5.97 Å². The summed E-state index contributed by atoms with van der Waals surface area (Å²) in [6.07, 6.45) is 6.28. The molecule has 138 valence electrons. The number of rotatable bonds is 7. The first-order chi connectivity index (χ1) is 13.1. The second-order valence-corrected chi connectivity index (χ2v) is 7.06. The van der Waals surface area contributed by atoms with E-state index in [1.807, 2.05) is 24.3 Å². The molecule has 1 aliphatic carbocycles. The Bertz CT molecular complexity index is 951. The molecule has 3 aromatic rings. The molecule has 0 unspecified atom stereocenters. The Balaban J connectivity index is 1.63. The molecule has 0 aliphatic heterocycles. The highest BCUT2D eigenvalue weighted by atomic mass is 35.5. The van der Waals surface area contributed by atoms with Crippen LogP contribution in [0.25, 0.3) is 5.82 Å². The summed E-state index contributed by atoms with van der Waals surface area (Å²) in [6, 6.07) is 12.3. The van der Waals surface area contributed by atoms with Gasteiger partial charge in [-0.2, -0.15) is 9.78 Å². The Labute approximate surface area is 161 Å². The molecule has 2 aromatic heterocycles. The number of aromatic carboxylic acids is 1. The molecule has 0 saturated heterocycles. The second kappa shape index (κ2) is 7.40. The zero-order chi connectivity index (χ0) is 18.8. The van der Waals surface area contributed by atoms with E-state index < -0.39 is 5.97 Å². The van der Waals surface area contributed by atoms with Crippen LogP contribution in [-0.2, 0) is 0 Å². The lowest BCUT2D eigenvalue weighted by molar-refractivity contribution is 0.0696. The fraction of sp³-hybridized carbons (Fsp3) is 0.250. The smallest absolute Gasteiger partial charge is 0.335 e. The van der Waals surface area contributed by atoms with Crippen LogP contribution >= 0.6 is 11.6 Å². The zero-order valence-electron chi connectivity index (χ0n) is 14.5. The topological polar surface area (TPSA) is 77.2 Å². The van der Waals surface area contributed by atoms with Crippen LogP contribution < -0.4 is 4.74 Å². The maximum Gasteiger partial charge on any atom is 0.335 e. The quantitative estimate of drug-likeness (QED) is 0.648. The molecule has 6 nitrogen and oxygen atoms in total.